The van der Waals surface area contributed by atoms with Gasteiger partial charge in [0.25, 0.3) is 0 Å². The fourth-order valence-electron chi connectivity index (χ4n) is 3.03. The highest BCUT2D eigenvalue weighted by Crippen LogP contribution is 2.19. The Morgan fingerprint density at radius 3 is 1.30 bits per heavy atom. The molecule has 2 aliphatic heterocycles. The van der Waals surface area contributed by atoms with Crippen LogP contribution in [0.3, 0.4) is 0 Å². The van der Waals surface area contributed by atoms with E-state index in [2.05, 4.69) is 12.4 Å². The van der Waals surface area contributed by atoms with Crippen molar-refractivity contribution in [3.05, 3.63) is 60.3 Å². The average Bonchev–Trinajstić information content (AvgIpc) is 2.71. The molecule has 0 spiro atoms. The molecule has 6 nitrogen and oxygen atoms in total. The van der Waals surface area contributed by atoms with Crippen molar-refractivity contribution in [3.63, 3.8) is 0 Å². The number of likely N-dealkylation sites (N-methyl/N-ethyl adjacent to an activating group) is 2. The molecule has 2 aliphatic rings. The van der Waals surface area contributed by atoms with E-state index < -0.39 is 0 Å². The Bertz CT molecular complexity index is 629. The molecule has 0 bridgehead atoms. The predicted molar refractivity (Wildman–Crippen MR) is 110 cm³/mol. The van der Waals surface area contributed by atoms with Crippen LogP contribution in [0.4, 0.5) is 0 Å². The minimum absolute atomic E-state index is 0. The third-order valence-corrected chi connectivity index (χ3v) is 4.82. The number of hydrogen-bond donors (Lipinski definition) is 0. The maximum atomic E-state index is 12.2. The van der Waals surface area contributed by atoms with Gasteiger partial charge in [0.05, 0.1) is 12.2 Å². The summed E-state index contributed by atoms with van der Waals surface area (Å²) < 4.78 is 0. The highest BCUT2D eigenvalue weighted by Gasteiger charge is 2.24. The number of carbonyl (C=O) groups is 2. The lowest BCUT2D eigenvalue weighted by molar-refractivity contribution is -0.131. The Morgan fingerprint density at radius 1 is 0.733 bits per heavy atom. The number of nitrogens with zero attached hydrogens (tertiary/aromatic N) is 4. The molecule has 0 aromatic rings. The molecular formula is C22H30Cl2N4O2. The molecule has 0 aromatic carbocycles. The number of halogens is 2. The normalized spacial score (nSPS) is 16.3. The summed E-state index contributed by atoms with van der Waals surface area (Å²) in [5.74, 6) is 0.178. The Balaban J connectivity index is 0.00000420. The van der Waals surface area contributed by atoms with Gasteiger partial charge in [0.1, 0.15) is 50.0 Å². The molecular weight excluding hydrogens is 423 g/mol. The Hall–Kier alpha value is -2.36. The van der Waals surface area contributed by atoms with Crippen LogP contribution in [0.2, 0.25) is 0 Å². The van der Waals surface area contributed by atoms with E-state index in [1.54, 1.807) is 19.6 Å². The second kappa shape index (κ2) is 13.8. The summed E-state index contributed by atoms with van der Waals surface area (Å²) in [5.41, 5.74) is 1.98. The monoisotopic (exact) mass is 452 g/mol. The summed E-state index contributed by atoms with van der Waals surface area (Å²) in [4.78, 5) is 31.5. The standard InChI is InChI=1S/C22H30N4O2.2ClH/c1-5-25(6-2)21(27)17-23-13-9-19(10-14-23)20-11-15-24(16-12-20)18-22(28)26(7-3)8-4;;/h9-13,15H,5-8,17-18H2,1-4H3;2*1H/q+2;;/p-2. The number of rotatable bonds is 8. The van der Waals surface area contributed by atoms with Crippen LogP contribution in [0.1, 0.15) is 27.7 Å². The van der Waals surface area contributed by atoms with E-state index >= 15 is 0 Å². The molecule has 0 aromatic heterocycles. The van der Waals surface area contributed by atoms with Crippen LogP contribution < -0.4 is 24.8 Å². The first-order valence-electron chi connectivity index (χ1n) is 9.90. The number of carbonyl (C=O) groups excluding carboxylic acids is 2. The molecule has 0 fully saturated rings. The summed E-state index contributed by atoms with van der Waals surface area (Å²) in [6, 6.07) is 0. The van der Waals surface area contributed by atoms with Gasteiger partial charge in [0.2, 0.25) is 11.8 Å². The molecule has 0 saturated carbocycles. The highest BCUT2D eigenvalue weighted by atomic mass is 35.5. The molecule has 164 valence electrons. The zero-order chi connectivity index (χ0) is 20.5. The zero-order valence-electron chi connectivity index (χ0n) is 18.1. The minimum Gasteiger partial charge on any atom is -1.00 e. The minimum atomic E-state index is 0. The van der Waals surface area contributed by atoms with Gasteiger partial charge in [-0.3, -0.25) is 9.59 Å². The highest BCUT2D eigenvalue weighted by molar-refractivity contribution is 5.79. The second-order valence-electron chi connectivity index (χ2n) is 6.48. The van der Waals surface area contributed by atoms with Crippen molar-refractivity contribution in [1.82, 2.24) is 19.6 Å². The first kappa shape index (κ1) is 27.6. The average molecular weight is 453 g/mol. The maximum Gasteiger partial charge on any atom is 0.245 e. The van der Waals surface area contributed by atoms with Gasteiger partial charge in [-0.25, -0.2) is 0 Å². The van der Waals surface area contributed by atoms with Gasteiger partial charge in [0, 0.05) is 26.2 Å². The summed E-state index contributed by atoms with van der Waals surface area (Å²) in [7, 11) is 0. The number of hydrogen-bond acceptors (Lipinski definition) is 4. The van der Waals surface area contributed by atoms with Crippen LogP contribution in [-0.4, -0.2) is 70.7 Å². The van der Waals surface area contributed by atoms with E-state index in [4.69, 9.17) is 0 Å². The van der Waals surface area contributed by atoms with E-state index in [1.807, 2.05) is 64.4 Å². The van der Waals surface area contributed by atoms with Gasteiger partial charge < -0.3 is 34.6 Å². The molecule has 30 heavy (non-hydrogen) atoms. The van der Waals surface area contributed by atoms with Crippen LogP contribution in [0, 0.1) is 12.4 Å². The molecule has 0 saturated heterocycles. The van der Waals surface area contributed by atoms with Gasteiger partial charge in [-0.15, -0.1) is 0 Å². The SMILES string of the molecule is CCN(CC)C(=O)CN1[C+]=CC(=C2C=[C+]N(CC(=O)N(CC)CC)C=C2)C=C1.[Cl-].[Cl-]. The fraction of sp³-hybridized carbons (Fsp3) is 0.455. The second-order valence-corrected chi connectivity index (χ2v) is 6.48. The van der Waals surface area contributed by atoms with Crippen molar-refractivity contribution in [2.45, 2.75) is 27.7 Å². The van der Waals surface area contributed by atoms with Crippen molar-refractivity contribution < 1.29 is 34.4 Å². The van der Waals surface area contributed by atoms with E-state index in [0.717, 1.165) is 11.1 Å². The van der Waals surface area contributed by atoms with Gasteiger partial charge >= 0.3 is 0 Å². The third-order valence-electron chi connectivity index (χ3n) is 4.82. The molecule has 2 heterocycles. The van der Waals surface area contributed by atoms with Gasteiger partial charge in [0.15, 0.2) is 11.1 Å². The summed E-state index contributed by atoms with van der Waals surface area (Å²) in [6.07, 6.45) is 17.6. The first-order valence-corrected chi connectivity index (χ1v) is 9.90. The molecule has 0 atom stereocenters. The van der Waals surface area contributed by atoms with Crippen molar-refractivity contribution >= 4 is 11.8 Å². The molecule has 0 N–H and O–H groups in total. The Labute approximate surface area is 193 Å². The van der Waals surface area contributed by atoms with E-state index in [-0.39, 0.29) is 49.7 Å². The fourth-order valence-corrected chi connectivity index (χ4v) is 3.03. The summed E-state index contributed by atoms with van der Waals surface area (Å²) in [5, 5.41) is 0. The molecule has 2 amide bonds. The van der Waals surface area contributed by atoms with Crippen LogP contribution in [0.15, 0.2) is 47.9 Å². The molecule has 2 rings (SSSR count). The lowest BCUT2D eigenvalue weighted by Crippen LogP contribution is -3.00. The maximum absolute atomic E-state index is 12.2. The molecule has 0 aliphatic carbocycles. The van der Waals surface area contributed by atoms with Crippen LogP contribution in [0.5, 0.6) is 0 Å². The van der Waals surface area contributed by atoms with Gasteiger partial charge in [-0.2, -0.15) is 9.80 Å². The molecule has 0 radical (unpaired) electrons. The molecule has 8 heteroatoms. The quantitative estimate of drug-likeness (QED) is 0.356. The van der Waals surface area contributed by atoms with Crippen LogP contribution >= 0.6 is 0 Å². The van der Waals surface area contributed by atoms with Crippen molar-refractivity contribution in [1.29, 1.82) is 0 Å². The zero-order valence-corrected chi connectivity index (χ0v) is 19.6. The van der Waals surface area contributed by atoms with E-state index in [9.17, 15) is 9.59 Å². The van der Waals surface area contributed by atoms with Crippen LogP contribution in [0.25, 0.3) is 0 Å². The number of amides is 2. The molecule has 0 unspecified atom stereocenters. The van der Waals surface area contributed by atoms with E-state index in [0.29, 0.717) is 26.2 Å². The number of allylic oxidation sites excluding steroid dienone is 6. The third kappa shape index (κ3) is 7.47. The van der Waals surface area contributed by atoms with Gasteiger partial charge in [-0.1, -0.05) is 0 Å². The Morgan fingerprint density at radius 2 is 1.07 bits per heavy atom. The van der Waals surface area contributed by atoms with Crippen molar-refractivity contribution in [2.24, 2.45) is 0 Å². The summed E-state index contributed by atoms with van der Waals surface area (Å²) >= 11 is 0. The largest absolute Gasteiger partial charge is 1.00 e. The smallest absolute Gasteiger partial charge is 0.245 e. The first-order chi connectivity index (χ1) is 13.5. The lowest BCUT2D eigenvalue weighted by atomic mass is 10.0. The summed E-state index contributed by atoms with van der Waals surface area (Å²) in [6.45, 7) is 11.3. The van der Waals surface area contributed by atoms with Crippen LogP contribution in [-0.2, 0) is 9.59 Å². The Kier molecular flexibility index (Phi) is 12.7. The predicted octanol–water partition coefficient (Wildman–Crippen LogP) is -3.68. The lowest BCUT2D eigenvalue weighted by Gasteiger charge is -2.20. The van der Waals surface area contributed by atoms with Crippen molar-refractivity contribution in [2.75, 3.05) is 39.3 Å². The van der Waals surface area contributed by atoms with Crippen molar-refractivity contribution in [3.8, 4) is 0 Å². The topological polar surface area (TPSA) is 47.1 Å². The van der Waals surface area contributed by atoms with E-state index in [1.165, 1.54) is 0 Å². The van der Waals surface area contributed by atoms with Gasteiger partial charge in [-0.05, 0) is 27.7 Å².